The normalized spacial score (nSPS) is 11.6. The summed E-state index contributed by atoms with van der Waals surface area (Å²) in [6, 6.07) is 11.4. The summed E-state index contributed by atoms with van der Waals surface area (Å²) in [5.74, 6) is 2.27. The second-order valence-electron chi connectivity index (χ2n) is 8.16. The van der Waals surface area contributed by atoms with E-state index in [1.165, 1.54) is 0 Å². The van der Waals surface area contributed by atoms with E-state index in [0.717, 1.165) is 10.6 Å². The van der Waals surface area contributed by atoms with Gasteiger partial charge in [-0.2, -0.15) is 14.8 Å². The molecule has 0 fully saturated rings. The quantitative estimate of drug-likeness (QED) is 0.453. The van der Waals surface area contributed by atoms with Gasteiger partial charge < -0.3 is 9.84 Å². The third-order valence-corrected chi connectivity index (χ3v) is 5.48. The molecule has 0 saturated carbocycles. The number of aromatic nitrogens is 5. The van der Waals surface area contributed by atoms with Gasteiger partial charge in [-0.25, -0.2) is 4.98 Å². The van der Waals surface area contributed by atoms with Gasteiger partial charge in [0.05, 0.1) is 10.6 Å². The maximum Gasteiger partial charge on any atom is 0.226 e. The van der Waals surface area contributed by atoms with E-state index >= 15 is 0 Å². The molecule has 1 N–H and O–H groups in total. The van der Waals surface area contributed by atoms with Crippen molar-refractivity contribution in [2.45, 2.75) is 45.4 Å². The van der Waals surface area contributed by atoms with Crippen molar-refractivity contribution in [3.8, 4) is 16.5 Å². The molecule has 0 aliphatic carbocycles. The van der Waals surface area contributed by atoms with E-state index < -0.39 is 0 Å². The van der Waals surface area contributed by atoms with Crippen LogP contribution in [0.4, 0.5) is 5.82 Å². The van der Waals surface area contributed by atoms with Gasteiger partial charge in [0, 0.05) is 30.5 Å². The summed E-state index contributed by atoms with van der Waals surface area (Å²) >= 11 is 1.56. The number of nitrogens with one attached hydrogen (secondary N) is 1. The van der Waals surface area contributed by atoms with E-state index in [9.17, 15) is 4.79 Å². The standard InChI is InChI=1S/C22H24N6O2S/c1-22(2,3)16-14-18(28(26-16)17-9-4-5-12-23-17)24-19(29)10-6-11-20-25-21(27-30-20)15-8-7-13-31-15/h4-5,7-9,12-14H,6,10-11H2,1-3H3,(H,24,29). The average molecular weight is 437 g/mol. The van der Waals surface area contributed by atoms with Crippen molar-refractivity contribution in [2.75, 3.05) is 5.32 Å². The molecule has 4 rings (SSSR count). The largest absolute Gasteiger partial charge is 0.339 e. The molecule has 1 amide bonds. The van der Waals surface area contributed by atoms with E-state index in [1.807, 2.05) is 41.8 Å². The lowest BCUT2D eigenvalue weighted by Crippen LogP contribution is -2.15. The molecule has 0 saturated heterocycles. The number of thiophene rings is 1. The predicted octanol–water partition coefficient (Wildman–Crippen LogP) is 4.64. The van der Waals surface area contributed by atoms with Crippen LogP contribution < -0.4 is 5.32 Å². The maximum absolute atomic E-state index is 12.6. The SMILES string of the molecule is CC(C)(C)c1cc(NC(=O)CCCc2nc(-c3cccs3)no2)n(-c2ccccn2)n1. The van der Waals surface area contributed by atoms with Crippen LogP contribution in [-0.4, -0.2) is 30.8 Å². The molecular weight excluding hydrogens is 412 g/mol. The third-order valence-electron chi connectivity index (χ3n) is 4.62. The molecule has 0 spiro atoms. The summed E-state index contributed by atoms with van der Waals surface area (Å²) in [7, 11) is 0. The molecule has 160 valence electrons. The Hall–Kier alpha value is -3.33. The zero-order valence-electron chi connectivity index (χ0n) is 17.7. The van der Waals surface area contributed by atoms with Gasteiger partial charge >= 0.3 is 0 Å². The smallest absolute Gasteiger partial charge is 0.226 e. The van der Waals surface area contributed by atoms with E-state index in [2.05, 4.69) is 46.3 Å². The van der Waals surface area contributed by atoms with E-state index in [4.69, 9.17) is 4.52 Å². The topological polar surface area (TPSA) is 98.7 Å². The molecular formula is C22H24N6O2S. The summed E-state index contributed by atoms with van der Waals surface area (Å²) in [4.78, 5) is 22.3. The van der Waals surface area contributed by atoms with Gasteiger partial charge in [0.2, 0.25) is 17.6 Å². The van der Waals surface area contributed by atoms with Crippen molar-refractivity contribution in [3.63, 3.8) is 0 Å². The number of nitrogens with zero attached hydrogens (tertiary/aromatic N) is 5. The van der Waals surface area contributed by atoms with Gasteiger partial charge in [-0.15, -0.1) is 11.3 Å². The lowest BCUT2D eigenvalue weighted by molar-refractivity contribution is -0.116. The van der Waals surface area contributed by atoms with Crippen LogP contribution >= 0.6 is 11.3 Å². The fourth-order valence-corrected chi connectivity index (χ4v) is 3.61. The number of carbonyl (C=O) groups excluding carboxylic acids is 1. The first kappa shape index (κ1) is 20.9. The van der Waals surface area contributed by atoms with Crippen LogP contribution in [0.5, 0.6) is 0 Å². The zero-order valence-corrected chi connectivity index (χ0v) is 18.5. The van der Waals surface area contributed by atoms with Gasteiger partial charge in [-0.1, -0.05) is 38.1 Å². The highest BCUT2D eigenvalue weighted by Gasteiger charge is 2.22. The molecule has 4 aromatic rings. The van der Waals surface area contributed by atoms with Gasteiger partial charge in [-0.05, 0) is 30.0 Å². The van der Waals surface area contributed by atoms with Crippen LogP contribution in [0, 0.1) is 0 Å². The number of rotatable bonds is 7. The van der Waals surface area contributed by atoms with E-state index in [-0.39, 0.29) is 11.3 Å². The van der Waals surface area contributed by atoms with E-state index in [1.54, 1.807) is 22.2 Å². The number of pyridine rings is 1. The van der Waals surface area contributed by atoms with Gasteiger partial charge in [0.25, 0.3) is 0 Å². The predicted molar refractivity (Wildman–Crippen MR) is 119 cm³/mol. The minimum Gasteiger partial charge on any atom is -0.339 e. The second-order valence-corrected chi connectivity index (χ2v) is 9.10. The Morgan fingerprint density at radius 1 is 1.23 bits per heavy atom. The van der Waals surface area contributed by atoms with E-state index in [0.29, 0.717) is 42.6 Å². The first-order valence-electron chi connectivity index (χ1n) is 10.1. The Bertz CT molecular complexity index is 1140. The van der Waals surface area contributed by atoms with Crippen molar-refractivity contribution in [2.24, 2.45) is 0 Å². The lowest BCUT2D eigenvalue weighted by atomic mass is 9.92. The van der Waals surface area contributed by atoms with Crippen molar-refractivity contribution in [1.29, 1.82) is 0 Å². The van der Waals surface area contributed by atoms with Crippen LogP contribution in [0.3, 0.4) is 0 Å². The molecule has 0 unspecified atom stereocenters. The fraction of sp³-hybridized carbons (Fsp3) is 0.318. The molecule has 9 heteroatoms. The fourth-order valence-electron chi connectivity index (χ4n) is 2.96. The van der Waals surface area contributed by atoms with Crippen molar-refractivity contribution in [1.82, 2.24) is 24.9 Å². The first-order valence-corrected chi connectivity index (χ1v) is 11.0. The highest BCUT2D eigenvalue weighted by molar-refractivity contribution is 7.13. The number of carbonyl (C=O) groups is 1. The number of aryl methyl sites for hydroxylation is 1. The lowest BCUT2D eigenvalue weighted by Gasteiger charge is -2.13. The Morgan fingerprint density at radius 2 is 2.10 bits per heavy atom. The average Bonchev–Trinajstić information content (AvgIpc) is 3.49. The molecule has 0 radical (unpaired) electrons. The molecule has 0 bridgehead atoms. The minimum absolute atomic E-state index is 0.101. The number of hydrogen-bond donors (Lipinski definition) is 1. The summed E-state index contributed by atoms with van der Waals surface area (Å²) in [5, 5.41) is 13.6. The molecule has 0 atom stereocenters. The van der Waals surface area contributed by atoms with Gasteiger partial charge in [0.1, 0.15) is 5.82 Å². The number of anilines is 1. The maximum atomic E-state index is 12.6. The monoisotopic (exact) mass is 436 g/mol. The number of amides is 1. The Labute approximate surface area is 184 Å². The van der Waals surface area contributed by atoms with Crippen molar-refractivity contribution >= 4 is 23.1 Å². The minimum atomic E-state index is -0.155. The summed E-state index contributed by atoms with van der Waals surface area (Å²) in [6.07, 6.45) is 3.17. The van der Waals surface area contributed by atoms with Crippen LogP contribution in [0.15, 0.2) is 52.5 Å². The van der Waals surface area contributed by atoms with Crippen LogP contribution in [0.1, 0.15) is 45.2 Å². The van der Waals surface area contributed by atoms with Crippen molar-refractivity contribution < 1.29 is 9.32 Å². The van der Waals surface area contributed by atoms with Gasteiger partial charge in [-0.3, -0.25) is 4.79 Å². The molecule has 0 aromatic carbocycles. The molecule has 4 aromatic heterocycles. The highest BCUT2D eigenvalue weighted by atomic mass is 32.1. The van der Waals surface area contributed by atoms with Crippen LogP contribution in [-0.2, 0) is 16.6 Å². The summed E-state index contributed by atoms with van der Waals surface area (Å²) in [5.41, 5.74) is 0.720. The van der Waals surface area contributed by atoms with Crippen LogP contribution in [0.25, 0.3) is 16.5 Å². The first-order chi connectivity index (χ1) is 14.9. The van der Waals surface area contributed by atoms with Crippen molar-refractivity contribution in [3.05, 3.63) is 59.6 Å². The van der Waals surface area contributed by atoms with Gasteiger partial charge in [0.15, 0.2) is 5.82 Å². The number of hydrogen-bond acceptors (Lipinski definition) is 7. The summed E-state index contributed by atoms with van der Waals surface area (Å²) < 4.78 is 6.97. The Morgan fingerprint density at radius 3 is 2.81 bits per heavy atom. The summed E-state index contributed by atoms with van der Waals surface area (Å²) in [6.45, 7) is 6.25. The van der Waals surface area contributed by atoms with Crippen LogP contribution in [0.2, 0.25) is 0 Å². The molecule has 4 heterocycles. The molecule has 0 aliphatic heterocycles. The Kier molecular flexibility index (Phi) is 5.94. The molecule has 0 aliphatic rings. The zero-order chi connectivity index (χ0) is 21.8. The Balaban J connectivity index is 1.40. The third kappa shape index (κ3) is 5.05. The molecule has 31 heavy (non-hydrogen) atoms. The highest BCUT2D eigenvalue weighted by Crippen LogP contribution is 2.26. The molecule has 8 nitrogen and oxygen atoms in total. The second kappa shape index (κ2) is 8.81.